The average Bonchev–Trinajstić information content (AvgIpc) is 2.77. The van der Waals surface area contributed by atoms with Gasteiger partial charge in [-0.05, 0) is 44.4 Å². The van der Waals surface area contributed by atoms with Crippen molar-refractivity contribution in [1.82, 2.24) is 10.6 Å². The van der Waals surface area contributed by atoms with Crippen molar-refractivity contribution in [2.45, 2.75) is 51.1 Å². The molecule has 2 unspecified atom stereocenters. The highest BCUT2D eigenvalue weighted by Crippen LogP contribution is 2.24. The average molecular weight is 292 g/mol. The van der Waals surface area contributed by atoms with Crippen molar-refractivity contribution in [2.24, 2.45) is 0 Å². The van der Waals surface area contributed by atoms with Crippen molar-refractivity contribution in [3.8, 4) is 0 Å². The minimum Gasteiger partial charge on any atom is -0.351 e. The van der Waals surface area contributed by atoms with E-state index in [1.54, 1.807) is 12.1 Å². The van der Waals surface area contributed by atoms with Crippen molar-refractivity contribution in [3.05, 3.63) is 35.6 Å². The van der Waals surface area contributed by atoms with E-state index in [9.17, 15) is 14.0 Å². The van der Waals surface area contributed by atoms with E-state index in [4.69, 9.17) is 0 Å². The van der Waals surface area contributed by atoms with Crippen LogP contribution in [0.15, 0.2) is 24.3 Å². The van der Waals surface area contributed by atoms with Crippen LogP contribution in [0, 0.1) is 5.82 Å². The van der Waals surface area contributed by atoms with E-state index in [2.05, 4.69) is 10.6 Å². The van der Waals surface area contributed by atoms with Crippen molar-refractivity contribution >= 4 is 11.8 Å². The van der Waals surface area contributed by atoms with Gasteiger partial charge in [-0.15, -0.1) is 0 Å². The maximum atomic E-state index is 12.9. The molecule has 2 atom stereocenters. The molecule has 1 aromatic rings. The van der Waals surface area contributed by atoms with Crippen LogP contribution < -0.4 is 10.6 Å². The zero-order chi connectivity index (χ0) is 15.5. The summed E-state index contributed by atoms with van der Waals surface area (Å²) < 4.78 is 12.9. The fourth-order valence-corrected chi connectivity index (χ4v) is 2.58. The summed E-state index contributed by atoms with van der Waals surface area (Å²) in [5, 5.41) is 5.81. The van der Waals surface area contributed by atoms with Crippen LogP contribution in [0.1, 0.15) is 51.1 Å². The first-order valence-electron chi connectivity index (χ1n) is 7.24. The second kappa shape index (κ2) is 6.24. The van der Waals surface area contributed by atoms with E-state index in [0.29, 0.717) is 19.3 Å². The van der Waals surface area contributed by atoms with Crippen molar-refractivity contribution in [1.29, 1.82) is 0 Å². The Morgan fingerprint density at radius 3 is 2.67 bits per heavy atom. The Bertz CT molecular complexity index is 530. The number of nitrogens with one attached hydrogen (secondary N) is 2. The number of hydrogen-bond donors (Lipinski definition) is 2. The molecule has 1 saturated heterocycles. The van der Waals surface area contributed by atoms with Gasteiger partial charge in [0.05, 0.1) is 6.04 Å². The minimum absolute atomic E-state index is 0.0533. The SMILES string of the molecule is CC(NC(=O)CCC1(C)CCC(=O)N1)c1ccc(F)cc1. The fraction of sp³-hybridized carbons (Fsp3) is 0.500. The summed E-state index contributed by atoms with van der Waals surface area (Å²) in [6, 6.07) is 5.93. The van der Waals surface area contributed by atoms with E-state index in [1.807, 2.05) is 13.8 Å². The van der Waals surface area contributed by atoms with E-state index in [1.165, 1.54) is 12.1 Å². The molecule has 1 fully saturated rings. The van der Waals surface area contributed by atoms with Crippen LogP contribution in [-0.2, 0) is 9.59 Å². The van der Waals surface area contributed by atoms with E-state index in [-0.39, 0.29) is 29.2 Å². The van der Waals surface area contributed by atoms with Crippen LogP contribution in [0.25, 0.3) is 0 Å². The van der Waals surface area contributed by atoms with Gasteiger partial charge in [-0.2, -0.15) is 0 Å². The second-order valence-electron chi connectivity index (χ2n) is 5.95. The summed E-state index contributed by atoms with van der Waals surface area (Å²) in [6.45, 7) is 3.83. The Morgan fingerprint density at radius 1 is 1.43 bits per heavy atom. The highest BCUT2D eigenvalue weighted by Gasteiger charge is 2.33. The molecule has 2 amide bonds. The summed E-state index contributed by atoms with van der Waals surface area (Å²) in [6.07, 6.45) is 2.29. The first-order chi connectivity index (χ1) is 9.88. The number of benzene rings is 1. The summed E-state index contributed by atoms with van der Waals surface area (Å²) in [5.74, 6) is -0.297. The highest BCUT2D eigenvalue weighted by molar-refractivity contribution is 5.80. The molecule has 1 aliphatic rings. The molecule has 0 bridgehead atoms. The summed E-state index contributed by atoms with van der Waals surface area (Å²) in [5.41, 5.74) is 0.596. The van der Waals surface area contributed by atoms with Crippen LogP contribution in [0.5, 0.6) is 0 Å². The molecule has 0 aromatic heterocycles. The van der Waals surface area contributed by atoms with E-state index in [0.717, 1.165) is 12.0 Å². The molecular formula is C16H21FN2O2. The van der Waals surface area contributed by atoms with Gasteiger partial charge >= 0.3 is 0 Å². The van der Waals surface area contributed by atoms with Gasteiger partial charge in [0.1, 0.15) is 5.82 Å². The third kappa shape index (κ3) is 4.28. The Labute approximate surface area is 124 Å². The van der Waals surface area contributed by atoms with E-state index >= 15 is 0 Å². The summed E-state index contributed by atoms with van der Waals surface area (Å²) >= 11 is 0. The number of amides is 2. The van der Waals surface area contributed by atoms with Crippen molar-refractivity contribution in [3.63, 3.8) is 0 Å². The molecule has 114 valence electrons. The van der Waals surface area contributed by atoms with Crippen LogP contribution in [0.4, 0.5) is 4.39 Å². The van der Waals surface area contributed by atoms with Crippen LogP contribution in [0.3, 0.4) is 0 Å². The molecule has 4 nitrogen and oxygen atoms in total. The summed E-state index contributed by atoms with van der Waals surface area (Å²) in [7, 11) is 0. The molecule has 1 aromatic carbocycles. The Kier molecular flexibility index (Phi) is 4.60. The monoisotopic (exact) mass is 292 g/mol. The molecule has 0 radical (unpaired) electrons. The third-order valence-electron chi connectivity index (χ3n) is 4.00. The van der Waals surface area contributed by atoms with Crippen molar-refractivity contribution < 1.29 is 14.0 Å². The molecule has 2 N–H and O–H groups in total. The van der Waals surface area contributed by atoms with Crippen LogP contribution >= 0.6 is 0 Å². The molecule has 21 heavy (non-hydrogen) atoms. The molecule has 0 spiro atoms. The van der Waals surface area contributed by atoms with Gasteiger partial charge in [0.15, 0.2) is 0 Å². The Morgan fingerprint density at radius 2 is 2.10 bits per heavy atom. The molecule has 0 aliphatic carbocycles. The third-order valence-corrected chi connectivity index (χ3v) is 4.00. The maximum Gasteiger partial charge on any atom is 0.220 e. The molecule has 2 rings (SSSR count). The smallest absolute Gasteiger partial charge is 0.220 e. The van der Waals surface area contributed by atoms with Gasteiger partial charge in [0, 0.05) is 18.4 Å². The lowest BCUT2D eigenvalue weighted by Crippen LogP contribution is -2.39. The van der Waals surface area contributed by atoms with Gasteiger partial charge in [0.2, 0.25) is 11.8 Å². The predicted octanol–water partition coefficient (Wildman–Crippen LogP) is 2.45. The predicted molar refractivity (Wildman–Crippen MR) is 78.0 cm³/mol. The summed E-state index contributed by atoms with van der Waals surface area (Å²) in [4.78, 5) is 23.2. The number of hydrogen-bond acceptors (Lipinski definition) is 2. The zero-order valence-electron chi connectivity index (χ0n) is 12.4. The van der Waals surface area contributed by atoms with Gasteiger partial charge in [-0.25, -0.2) is 4.39 Å². The second-order valence-corrected chi connectivity index (χ2v) is 5.95. The number of carbonyl (C=O) groups excluding carboxylic acids is 2. The maximum absolute atomic E-state index is 12.9. The lowest BCUT2D eigenvalue weighted by atomic mass is 9.94. The quantitative estimate of drug-likeness (QED) is 0.876. The molecule has 5 heteroatoms. The minimum atomic E-state index is -0.290. The van der Waals surface area contributed by atoms with Gasteiger partial charge in [-0.1, -0.05) is 12.1 Å². The zero-order valence-corrected chi connectivity index (χ0v) is 12.4. The molecular weight excluding hydrogens is 271 g/mol. The lowest BCUT2D eigenvalue weighted by Gasteiger charge is -2.24. The largest absolute Gasteiger partial charge is 0.351 e. The normalized spacial score (nSPS) is 22.7. The molecule has 0 saturated carbocycles. The first kappa shape index (κ1) is 15.5. The van der Waals surface area contributed by atoms with Crippen LogP contribution in [-0.4, -0.2) is 17.4 Å². The number of halogens is 1. The fourth-order valence-electron chi connectivity index (χ4n) is 2.58. The number of rotatable bonds is 5. The Hall–Kier alpha value is -1.91. The van der Waals surface area contributed by atoms with Crippen LogP contribution in [0.2, 0.25) is 0 Å². The molecule has 1 heterocycles. The van der Waals surface area contributed by atoms with Gasteiger partial charge < -0.3 is 10.6 Å². The molecule has 1 aliphatic heterocycles. The lowest BCUT2D eigenvalue weighted by molar-refractivity contribution is -0.123. The Balaban J connectivity index is 1.81. The van der Waals surface area contributed by atoms with E-state index < -0.39 is 0 Å². The first-order valence-corrected chi connectivity index (χ1v) is 7.24. The standard InChI is InChI=1S/C16H21FN2O2/c1-11(12-3-5-13(17)6-4-12)18-14(20)7-9-16(2)10-8-15(21)19-16/h3-6,11H,7-10H2,1-2H3,(H,18,20)(H,19,21). The highest BCUT2D eigenvalue weighted by atomic mass is 19.1. The van der Waals surface area contributed by atoms with Gasteiger partial charge in [-0.3, -0.25) is 9.59 Å². The topological polar surface area (TPSA) is 58.2 Å². The number of carbonyl (C=O) groups is 2. The van der Waals surface area contributed by atoms with Gasteiger partial charge in [0.25, 0.3) is 0 Å². The van der Waals surface area contributed by atoms with Crippen molar-refractivity contribution in [2.75, 3.05) is 0 Å².